The largest absolute Gasteiger partial charge is 0.480 e. The Morgan fingerprint density at radius 1 is 0.538 bits per heavy atom. The van der Waals surface area contributed by atoms with Crippen LogP contribution in [0.1, 0.15) is 11.6 Å². The third kappa shape index (κ3) is 13.3. The Kier molecular flexibility index (Phi) is 15.8. The maximum absolute atomic E-state index is 11.4. The van der Waals surface area contributed by atoms with Crippen molar-refractivity contribution in [1.29, 1.82) is 0 Å². The molecule has 0 aliphatic rings. The van der Waals surface area contributed by atoms with Crippen LogP contribution in [0.15, 0.2) is 12.4 Å². The van der Waals surface area contributed by atoms with Crippen LogP contribution in [0.2, 0.25) is 0 Å². The Labute approximate surface area is 282 Å². The lowest BCUT2D eigenvalue weighted by Gasteiger charge is -2.22. The summed E-state index contributed by atoms with van der Waals surface area (Å²) in [5, 5.41) is 20.7. The molecule has 2 aromatic rings. The summed E-state index contributed by atoms with van der Waals surface area (Å²) in [5.74, 6) is 1.95. The predicted molar refractivity (Wildman–Crippen MR) is 143 cm³/mol. The first-order valence-electron chi connectivity index (χ1n) is 11.5. The van der Waals surface area contributed by atoms with Crippen molar-refractivity contribution in [3.05, 3.63) is 52.5 Å². The quantitative estimate of drug-likeness (QED) is 0.175. The molecule has 2 heterocycles. The van der Waals surface area contributed by atoms with Gasteiger partial charge in [-0.25, -0.2) is 42.8 Å². The molecule has 0 radical (unpaired) electrons. The van der Waals surface area contributed by atoms with Gasteiger partial charge in [0.1, 0.15) is 0 Å². The van der Waals surface area contributed by atoms with Crippen LogP contribution in [0.4, 0.5) is 64.3 Å². The minimum absolute atomic E-state index is 0.116. The highest BCUT2D eigenvalue weighted by Crippen LogP contribution is 2.37. The number of hydrogen-bond acceptors (Lipinski definition) is 12. The Morgan fingerprint density at radius 3 is 0.788 bits per heavy atom. The Bertz CT molecular complexity index is 1840. The van der Waals surface area contributed by atoms with E-state index in [0.717, 1.165) is 19.9 Å². The molecule has 36 heteroatoms. The Morgan fingerprint density at radius 2 is 0.712 bits per heavy atom. The molecule has 52 heavy (non-hydrogen) atoms. The maximum Gasteiger partial charge on any atom is 0.480 e. The van der Waals surface area contributed by atoms with Crippen molar-refractivity contribution in [2.24, 2.45) is 28.2 Å². The van der Waals surface area contributed by atoms with Crippen LogP contribution >= 0.6 is 0 Å². The summed E-state index contributed by atoms with van der Waals surface area (Å²) in [5.41, 5.74) is -24.8. The number of hydrogen-bond donors (Lipinski definition) is 0. The zero-order valence-corrected chi connectivity index (χ0v) is 29.1. The van der Waals surface area contributed by atoms with Crippen LogP contribution in [0.25, 0.3) is 8.25 Å². The van der Waals surface area contributed by atoms with E-state index in [1.54, 1.807) is 46.5 Å². The first-order chi connectivity index (χ1) is 22.5. The van der Waals surface area contributed by atoms with Crippen LogP contribution in [0.5, 0.6) is 0 Å². The molecule has 0 unspecified atom stereocenters. The molecule has 0 amide bonds. The van der Waals surface area contributed by atoms with Crippen LogP contribution in [0.3, 0.4) is 0 Å². The number of aryl methyl sites for hydroxylation is 2. The number of imidazole rings is 2. The summed E-state index contributed by atoms with van der Waals surface area (Å²) >= 11 is 0. The summed E-state index contributed by atoms with van der Waals surface area (Å²) in [6.45, 7) is 3.65. The van der Waals surface area contributed by atoms with Crippen LogP contribution in [0, 0.1) is 34.1 Å². The SMILES string of the molecule is Cc1n(C)c([N+](=O)[O-])c[n+]1C.Cc1n(C)c([N+](=O)[O-])c[n+]1C.O=S(=O)([N-]S(=O)(=O)C(F)(F)F)C(F)(F)F.O=S(=O)([N-]S(=O)(=O)C(F)(F)F)C(F)(F)F. The number of nitro groups is 2. The smallest absolute Gasteiger partial charge is 0.421 e. The molecule has 20 nitrogen and oxygen atoms in total. The van der Waals surface area contributed by atoms with E-state index in [0.29, 0.717) is 0 Å². The number of halogens is 12. The van der Waals surface area contributed by atoms with Gasteiger partial charge in [0.25, 0.3) is 11.6 Å². The van der Waals surface area contributed by atoms with Gasteiger partial charge in [-0.05, 0) is 9.85 Å². The number of nitrogens with zero attached hydrogens (tertiary/aromatic N) is 8. The molecule has 2 rings (SSSR count). The molecule has 0 bridgehead atoms. The highest BCUT2D eigenvalue weighted by atomic mass is 32.3. The highest BCUT2D eigenvalue weighted by Gasteiger charge is 2.48. The van der Waals surface area contributed by atoms with Crippen molar-refractivity contribution in [3.63, 3.8) is 0 Å². The third-order valence-corrected chi connectivity index (χ3v) is 10.7. The molecule has 304 valence electrons. The fourth-order valence-corrected chi connectivity index (χ4v) is 5.70. The van der Waals surface area contributed by atoms with Crippen molar-refractivity contribution in [3.8, 4) is 0 Å². The summed E-state index contributed by atoms with van der Waals surface area (Å²) in [4.78, 5) is 19.9. The Balaban J connectivity index is 0. The molecule has 0 N–H and O–H groups in total. The van der Waals surface area contributed by atoms with Crippen molar-refractivity contribution < 1.29 is 105 Å². The fourth-order valence-electron chi connectivity index (χ4n) is 2.28. The van der Waals surface area contributed by atoms with E-state index in [1.165, 1.54) is 12.4 Å². The molecule has 2 aromatic heterocycles. The summed E-state index contributed by atoms with van der Waals surface area (Å²) in [6, 6.07) is 0. The molecule has 0 spiro atoms. The fraction of sp³-hybridized carbons (Fsp3) is 0.625. The zero-order valence-electron chi connectivity index (χ0n) is 25.8. The second-order valence-corrected chi connectivity index (χ2v) is 15.6. The average molecular weight is 873 g/mol. The summed E-state index contributed by atoms with van der Waals surface area (Å²) < 4.78 is 225. The summed E-state index contributed by atoms with van der Waals surface area (Å²) in [7, 11) is -20.0. The lowest BCUT2D eigenvalue weighted by molar-refractivity contribution is -0.678. The van der Waals surface area contributed by atoms with Gasteiger partial charge in [-0.1, -0.05) is 0 Å². The van der Waals surface area contributed by atoms with E-state index < -0.39 is 72.0 Å². The minimum Gasteiger partial charge on any atom is -0.421 e. The van der Waals surface area contributed by atoms with Gasteiger partial charge in [-0.3, -0.25) is 0 Å². The van der Waals surface area contributed by atoms with E-state index in [9.17, 15) is 107 Å². The molecule has 0 aliphatic heterocycles. The van der Waals surface area contributed by atoms with E-state index in [4.69, 9.17) is 0 Å². The topological polar surface area (TPSA) is 269 Å². The lowest BCUT2D eigenvalue weighted by Crippen LogP contribution is -2.30. The monoisotopic (exact) mass is 872 g/mol. The van der Waals surface area contributed by atoms with Gasteiger partial charge in [0, 0.05) is 13.8 Å². The van der Waals surface area contributed by atoms with Crippen molar-refractivity contribution in [2.45, 2.75) is 35.9 Å². The normalized spacial score (nSPS) is 13.1. The van der Waals surface area contributed by atoms with E-state index in [1.807, 2.05) is 13.8 Å². The number of alkyl halides is 12. The number of rotatable bonds is 6. The van der Waals surface area contributed by atoms with Crippen LogP contribution in [-0.4, -0.2) is 74.7 Å². The highest BCUT2D eigenvalue weighted by molar-refractivity contribution is 8.13. The molecule has 0 fully saturated rings. The van der Waals surface area contributed by atoms with Gasteiger partial charge in [0.2, 0.25) is 0 Å². The Hall–Kier alpha value is -3.90. The molecule has 0 atom stereocenters. The van der Waals surface area contributed by atoms with Crippen molar-refractivity contribution >= 4 is 51.7 Å². The van der Waals surface area contributed by atoms with Crippen LogP contribution in [-0.2, 0) is 68.3 Å². The van der Waals surface area contributed by atoms with Gasteiger partial charge in [0.15, 0.2) is 52.5 Å². The van der Waals surface area contributed by atoms with E-state index >= 15 is 0 Å². The van der Waals surface area contributed by atoms with Gasteiger partial charge in [-0.15, -0.1) is 0 Å². The zero-order chi connectivity index (χ0) is 42.6. The molecule has 0 saturated carbocycles. The van der Waals surface area contributed by atoms with Crippen molar-refractivity contribution in [2.75, 3.05) is 0 Å². The third-order valence-electron chi connectivity index (χ3n) is 5.23. The number of sulfonamides is 4. The van der Waals surface area contributed by atoms with Crippen LogP contribution < -0.4 is 9.13 Å². The molecule has 0 saturated heterocycles. The second-order valence-electron chi connectivity index (χ2n) is 8.76. The standard InChI is InChI=1S/2C6H10N3O2.2C2F6NO4S2/c2*1-5-7(2)4-6(8(5)3)9(10)11;2*3-1(4,5)14(10,11)9-15(12,13)2(6,7)8/h2*4H,1-3H3;;/q2*+1;2*-1. The first kappa shape index (κ1) is 50.2. The lowest BCUT2D eigenvalue weighted by atomic mass is 10.7. The maximum atomic E-state index is 11.4. The van der Waals surface area contributed by atoms with Crippen molar-refractivity contribution in [1.82, 2.24) is 9.13 Å². The first-order valence-corrected chi connectivity index (χ1v) is 17.3. The molecular formula is C16H20F12N8O12S4. The molecule has 0 aromatic carbocycles. The summed E-state index contributed by atoms with van der Waals surface area (Å²) in [6.07, 6.45) is 2.99. The van der Waals surface area contributed by atoms with Gasteiger partial charge >= 0.3 is 33.7 Å². The van der Waals surface area contributed by atoms with E-state index in [-0.39, 0.29) is 11.6 Å². The predicted octanol–water partition coefficient (Wildman–Crippen LogP) is 2.25. The van der Waals surface area contributed by atoms with E-state index in [2.05, 4.69) is 0 Å². The molecule has 0 aliphatic carbocycles. The van der Waals surface area contributed by atoms with Gasteiger partial charge in [0.05, 0.1) is 28.2 Å². The minimum atomic E-state index is -6.72. The number of aromatic nitrogens is 4. The van der Waals surface area contributed by atoms with Gasteiger partial charge < -0.3 is 28.5 Å². The average Bonchev–Trinajstić information content (AvgIpc) is 3.30. The molecular weight excluding hydrogens is 852 g/mol. The second kappa shape index (κ2) is 16.4. The van der Waals surface area contributed by atoms with Gasteiger partial charge in [-0.2, -0.15) is 61.8 Å².